The van der Waals surface area contributed by atoms with E-state index in [1.807, 2.05) is 41.5 Å². The van der Waals surface area contributed by atoms with Crippen molar-refractivity contribution in [3.05, 3.63) is 0 Å². The zero-order valence-corrected chi connectivity index (χ0v) is 15.6. The van der Waals surface area contributed by atoms with Crippen LogP contribution in [0, 0.1) is 47.3 Å². The Labute approximate surface area is 134 Å². The first kappa shape index (κ1) is 17.4. The Morgan fingerprint density at radius 1 is 0.476 bits per heavy atom. The van der Waals surface area contributed by atoms with Crippen LogP contribution in [0.5, 0.6) is 0 Å². The fourth-order valence-electron chi connectivity index (χ4n) is 7.28. The van der Waals surface area contributed by atoms with E-state index in [-0.39, 0.29) is 0 Å². The van der Waals surface area contributed by atoms with Crippen LogP contribution in [0.2, 0.25) is 0 Å². The first-order valence-corrected chi connectivity index (χ1v) is 10.4. The van der Waals surface area contributed by atoms with Gasteiger partial charge in [-0.3, -0.25) is 0 Å². The lowest BCUT2D eigenvalue weighted by Crippen LogP contribution is -2.35. The molecule has 124 valence electrons. The van der Waals surface area contributed by atoms with Crippen molar-refractivity contribution in [2.24, 2.45) is 47.3 Å². The normalized spacial score (nSPS) is 50.0. The first-order valence-electron chi connectivity index (χ1n) is 10.4. The van der Waals surface area contributed by atoms with Gasteiger partial charge in [0.25, 0.3) is 0 Å². The summed E-state index contributed by atoms with van der Waals surface area (Å²) in [5.74, 6) is 9.78. The highest BCUT2D eigenvalue weighted by Gasteiger charge is 2.65. The van der Waals surface area contributed by atoms with Gasteiger partial charge < -0.3 is 0 Å². The second-order valence-corrected chi connectivity index (χ2v) is 7.31. The van der Waals surface area contributed by atoms with Gasteiger partial charge in [0.05, 0.1) is 0 Å². The van der Waals surface area contributed by atoms with Gasteiger partial charge in [0, 0.05) is 0 Å². The SMILES string of the molecule is C1CC2C(C1)C1CC2C2C3CCC(C3)C12.CC.CC.CC. The molecule has 0 nitrogen and oxygen atoms in total. The molecule has 5 aliphatic carbocycles. The quantitative estimate of drug-likeness (QED) is 0.431. The van der Waals surface area contributed by atoms with Crippen molar-refractivity contribution in [3.8, 4) is 0 Å². The standard InChI is InChI=1S/C15H22.3C2H6/c1-2-10-11(3-1)13-7-12(10)14-8-4-5-9(6-8)15(13)14;3*1-2/h8-15H,1-7H2;3*1-2H3. The van der Waals surface area contributed by atoms with Crippen molar-refractivity contribution in [3.63, 3.8) is 0 Å². The lowest BCUT2D eigenvalue weighted by molar-refractivity contribution is 0.0716. The molecule has 0 heteroatoms. The van der Waals surface area contributed by atoms with Crippen LogP contribution in [-0.2, 0) is 0 Å². The number of fused-ring (bicyclic) bond motifs is 12. The Morgan fingerprint density at radius 3 is 1.33 bits per heavy atom. The minimum atomic E-state index is 1.21. The largest absolute Gasteiger partial charge is 0.0683 e. The molecule has 8 atom stereocenters. The topological polar surface area (TPSA) is 0 Å². The fourth-order valence-corrected chi connectivity index (χ4v) is 7.28. The molecule has 5 rings (SSSR count). The van der Waals surface area contributed by atoms with E-state index in [9.17, 15) is 0 Å². The smallest absolute Gasteiger partial charge is 0.0321 e. The van der Waals surface area contributed by atoms with Crippen LogP contribution in [0.3, 0.4) is 0 Å². The summed E-state index contributed by atoms with van der Waals surface area (Å²) in [5, 5.41) is 0. The van der Waals surface area contributed by atoms with Gasteiger partial charge in [0.2, 0.25) is 0 Å². The van der Waals surface area contributed by atoms with Gasteiger partial charge in [0.1, 0.15) is 0 Å². The van der Waals surface area contributed by atoms with Crippen molar-refractivity contribution in [2.75, 3.05) is 0 Å². The van der Waals surface area contributed by atoms with Crippen molar-refractivity contribution in [1.29, 1.82) is 0 Å². The average molecular weight is 293 g/mol. The molecule has 0 aromatic rings. The number of hydrogen-bond donors (Lipinski definition) is 0. The van der Waals surface area contributed by atoms with Crippen LogP contribution < -0.4 is 0 Å². The number of hydrogen-bond acceptors (Lipinski definition) is 0. The summed E-state index contributed by atoms with van der Waals surface area (Å²) in [6.07, 6.45) is 11.4. The van der Waals surface area contributed by atoms with E-state index in [1.165, 1.54) is 47.3 Å². The van der Waals surface area contributed by atoms with E-state index in [2.05, 4.69) is 0 Å². The van der Waals surface area contributed by atoms with Crippen molar-refractivity contribution in [2.45, 2.75) is 86.5 Å². The molecule has 8 unspecified atom stereocenters. The van der Waals surface area contributed by atoms with Gasteiger partial charge in [-0.2, -0.15) is 0 Å². The minimum Gasteiger partial charge on any atom is -0.0683 e. The fraction of sp³-hybridized carbons (Fsp3) is 1.00. The average Bonchev–Trinajstić information content (AvgIpc) is 3.34. The molecular weight excluding hydrogens is 252 g/mol. The third-order valence-electron chi connectivity index (χ3n) is 7.30. The molecule has 0 spiro atoms. The maximum Gasteiger partial charge on any atom is -0.0321 e. The molecule has 4 bridgehead atoms. The Morgan fingerprint density at radius 2 is 0.905 bits per heavy atom. The first-order chi connectivity index (χ1) is 10.4. The lowest BCUT2D eigenvalue weighted by atomic mass is 9.64. The minimum absolute atomic E-state index is 1.21. The molecule has 5 aliphatic rings. The van der Waals surface area contributed by atoms with Crippen molar-refractivity contribution < 1.29 is 0 Å². The van der Waals surface area contributed by atoms with Crippen molar-refractivity contribution in [1.82, 2.24) is 0 Å². The summed E-state index contributed by atoms with van der Waals surface area (Å²) in [5.41, 5.74) is 0. The molecule has 5 saturated carbocycles. The predicted molar refractivity (Wildman–Crippen MR) is 94.3 cm³/mol. The molecular formula is C21H40. The second-order valence-electron chi connectivity index (χ2n) is 7.31. The van der Waals surface area contributed by atoms with E-state index in [4.69, 9.17) is 0 Å². The molecule has 21 heavy (non-hydrogen) atoms. The Balaban J connectivity index is 0.000000244. The van der Waals surface area contributed by atoms with Gasteiger partial charge >= 0.3 is 0 Å². The highest BCUT2D eigenvalue weighted by atomic mass is 14.7. The highest BCUT2D eigenvalue weighted by Crippen LogP contribution is 2.72. The van der Waals surface area contributed by atoms with Gasteiger partial charge in [-0.1, -0.05) is 48.0 Å². The second kappa shape index (κ2) is 7.51. The Bertz CT molecular complexity index is 279. The van der Waals surface area contributed by atoms with Gasteiger partial charge in [-0.25, -0.2) is 0 Å². The molecule has 0 aliphatic heterocycles. The predicted octanol–water partition coefficient (Wildman–Crippen LogP) is 6.79. The van der Waals surface area contributed by atoms with Crippen LogP contribution in [-0.4, -0.2) is 0 Å². The highest BCUT2D eigenvalue weighted by molar-refractivity contribution is 5.14. The van der Waals surface area contributed by atoms with Gasteiger partial charge in [-0.05, 0) is 85.9 Å². The van der Waals surface area contributed by atoms with Gasteiger partial charge in [-0.15, -0.1) is 0 Å². The van der Waals surface area contributed by atoms with E-state index in [0.29, 0.717) is 0 Å². The maximum atomic E-state index is 2.00. The molecule has 5 fully saturated rings. The molecule has 0 amide bonds. The van der Waals surface area contributed by atoms with Crippen LogP contribution in [0.4, 0.5) is 0 Å². The molecule has 0 radical (unpaired) electrons. The van der Waals surface area contributed by atoms with Crippen LogP contribution in [0.15, 0.2) is 0 Å². The summed E-state index contributed by atoms with van der Waals surface area (Å²) >= 11 is 0. The molecule has 0 heterocycles. The third-order valence-corrected chi connectivity index (χ3v) is 7.30. The van der Waals surface area contributed by atoms with E-state index >= 15 is 0 Å². The van der Waals surface area contributed by atoms with Crippen molar-refractivity contribution >= 4 is 0 Å². The summed E-state index contributed by atoms with van der Waals surface area (Å²) in [4.78, 5) is 0. The van der Waals surface area contributed by atoms with Crippen LogP contribution in [0.25, 0.3) is 0 Å². The molecule has 0 aromatic heterocycles. The zero-order chi connectivity index (χ0) is 15.6. The summed E-state index contributed by atoms with van der Waals surface area (Å²) < 4.78 is 0. The zero-order valence-electron chi connectivity index (χ0n) is 15.6. The van der Waals surface area contributed by atoms with E-state index in [0.717, 1.165) is 0 Å². The van der Waals surface area contributed by atoms with Gasteiger partial charge in [0.15, 0.2) is 0 Å². The lowest BCUT2D eigenvalue weighted by Gasteiger charge is -2.40. The Hall–Kier alpha value is 0. The van der Waals surface area contributed by atoms with Crippen LogP contribution in [0.1, 0.15) is 86.5 Å². The molecule has 0 N–H and O–H groups in total. The molecule has 0 aromatic carbocycles. The Kier molecular flexibility index (Phi) is 6.21. The monoisotopic (exact) mass is 292 g/mol. The van der Waals surface area contributed by atoms with E-state index in [1.54, 1.807) is 44.9 Å². The van der Waals surface area contributed by atoms with Crippen LogP contribution >= 0.6 is 0 Å². The summed E-state index contributed by atoms with van der Waals surface area (Å²) in [6, 6.07) is 0. The molecule has 0 saturated heterocycles. The third kappa shape index (κ3) is 2.49. The number of rotatable bonds is 0. The van der Waals surface area contributed by atoms with E-state index < -0.39 is 0 Å². The summed E-state index contributed by atoms with van der Waals surface area (Å²) in [7, 11) is 0. The summed E-state index contributed by atoms with van der Waals surface area (Å²) in [6.45, 7) is 12.0. The maximum absolute atomic E-state index is 2.00.